The molecule has 4 rings (SSSR count). The van der Waals surface area contributed by atoms with E-state index in [2.05, 4.69) is 15.4 Å². The molecule has 0 saturated carbocycles. The number of aromatic nitrogens is 3. The van der Waals surface area contributed by atoms with E-state index in [9.17, 15) is 17.6 Å². The van der Waals surface area contributed by atoms with Crippen LogP contribution < -0.4 is 5.32 Å². The third-order valence-corrected chi connectivity index (χ3v) is 6.98. The summed E-state index contributed by atoms with van der Waals surface area (Å²) in [5.74, 6) is -0.812. The lowest BCUT2D eigenvalue weighted by Gasteiger charge is -2.26. The predicted octanol–water partition coefficient (Wildman–Crippen LogP) is 2.00. The largest absolute Gasteiger partial charge is 0.379 e. The van der Waals surface area contributed by atoms with Gasteiger partial charge >= 0.3 is 0 Å². The number of aryl methyl sites for hydroxylation is 1. The summed E-state index contributed by atoms with van der Waals surface area (Å²) in [5, 5.41) is 6.55. The summed E-state index contributed by atoms with van der Waals surface area (Å²) >= 11 is 0. The van der Waals surface area contributed by atoms with Crippen molar-refractivity contribution in [3.8, 4) is 5.69 Å². The summed E-state index contributed by atoms with van der Waals surface area (Å²) in [6, 6.07) is 10.8. The van der Waals surface area contributed by atoms with Crippen LogP contribution in [0.3, 0.4) is 0 Å². The molecule has 3 aromatic rings. The zero-order chi connectivity index (χ0) is 22.6. The maximum atomic E-state index is 14.3. The second kappa shape index (κ2) is 9.55. The fourth-order valence-electron chi connectivity index (χ4n) is 3.35. The van der Waals surface area contributed by atoms with Gasteiger partial charge in [-0.15, -0.1) is 0 Å². The molecular formula is C21H22FN5O4S. The van der Waals surface area contributed by atoms with Crippen molar-refractivity contribution in [2.24, 2.45) is 0 Å². The van der Waals surface area contributed by atoms with Crippen LogP contribution >= 0.6 is 0 Å². The highest BCUT2D eigenvalue weighted by molar-refractivity contribution is 7.89. The Balaban J connectivity index is 1.33. The minimum Gasteiger partial charge on any atom is -0.379 e. The van der Waals surface area contributed by atoms with Gasteiger partial charge in [-0.1, -0.05) is 12.1 Å². The van der Waals surface area contributed by atoms with Gasteiger partial charge in [-0.25, -0.2) is 22.5 Å². The molecule has 11 heteroatoms. The molecule has 32 heavy (non-hydrogen) atoms. The van der Waals surface area contributed by atoms with Gasteiger partial charge in [0.2, 0.25) is 15.9 Å². The van der Waals surface area contributed by atoms with Gasteiger partial charge in [-0.3, -0.25) is 4.79 Å². The van der Waals surface area contributed by atoms with Crippen LogP contribution in [-0.4, -0.2) is 59.7 Å². The fourth-order valence-corrected chi connectivity index (χ4v) is 4.76. The predicted molar refractivity (Wildman–Crippen MR) is 114 cm³/mol. The first-order valence-corrected chi connectivity index (χ1v) is 11.5. The summed E-state index contributed by atoms with van der Waals surface area (Å²) in [5.41, 5.74) is 1.39. The van der Waals surface area contributed by atoms with Crippen molar-refractivity contribution in [3.63, 3.8) is 0 Å². The third kappa shape index (κ3) is 5.01. The van der Waals surface area contributed by atoms with E-state index in [1.807, 2.05) is 0 Å². The Morgan fingerprint density at radius 3 is 2.53 bits per heavy atom. The number of hydrogen-bond donors (Lipinski definition) is 1. The van der Waals surface area contributed by atoms with Crippen LogP contribution in [-0.2, 0) is 26.0 Å². The van der Waals surface area contributed by atoms with Crippen molar-refractivity contribution >= 4 is 21.6 Å². The van der Waals surface area contributed by atoms with Crippen molar-refractivity contribution in [3.05, 3.63) is 66.5 Å². The second-order valence-electron chi connectivity index (χ2n) is 7.21. The van der Waals surface area contributed by atoms with E-state index in [-0.39, 0.29) is 22.9 Å². The summed E-state index contributed by atoms with van der Waals surface area (Å²) < 4.78 is 47.5. The number of carbonyl (C=O) groups excluding carboxylic acids is 1. The molecule has 0 atom stereocenters. The summed E-state index contributed by atoms with van der Waals surface area (Å²) in [7, 11) is -3.55. The van der Waals surface area contributed by atoms with Crippen molar-refractivity contribution in [2.75, 3.05) is 31.6 Å². The van der Waals surface area contributed by atoms with E-state index in [0.717, 1.165) is 5.56 Å². The summed E-state index contributed by atoms with van der Waals surface area (Å²) in [4.78, 5) is 16.3. The number of carbonyl (C=O) groups is 1. The summed E-state index contributed by atoms with van der Waals surface area (Å²) in [6.07, 6.45) is 3.28. The Morgan fingerprint density at radius 2 is 1.88 bits per heavy atom. The molecule has 1 N–H and O–H groups in total. The molecular weight excluding hydrogens is 437 g/mol. The first-order valence-electron chi connectivity index (χ1n) is 10.0. The number of benzene rings is 2. The van der Waals surface area contributed by atoms with Crippen LogP contribution in [0.5, 0.6) is 0 Å². The van der Waals surface area contributed by atoms with Gasteiger partial charge in [0.15, 0.2) is 5.82 Å². The highest BCUT2D eigenvalue weighted by Gasteiger charge is 2.26. The van der Waals surface area contributed by atoms with E-state index in [0.29, 0.717) is 38.4 Å². The van der Waals surface area contributed by atoms with Crippen molar-refractivity contribution in [1.82, 2.24) is 19.1 Å². The Labute approximate surface area is 184 Å². The standard InChI is InChI=1S/C21H22FN5O4S/c22-19-13-17(4-7-20(19)27-15-23-14-24-27)25-21(28)8-3-16-1-5-18(6-2-16)32(29,30)26-9-11-31-12-10-26/h1-2,4-7,13-15H,3,8-12H2,(H,25,28). The minimum atomic E-state index is -3.55. The average Bonchev–Trinajstić information content (AvgIpc) is 3.33. The van der Waals surface area contributed by atoms with Gasteiger partial charge < -0.3 is 10.1 Å². The smallest absolute Gasteiger partial charge is 0.243 e. The molecule has 1 aromatic heterocycles. The van der Waals surface area contributed by atoms with Gasteiger partial charge in [0.1, 0.15) is 18.3 Å². The van der Waals surface area contributed by atoms with Gasteiger partial charge in [0.05, 0.1) is 18.1 Å². The molecule has 9 nitrogen and oxygen atoms in total. The molecule has 2 heterocycles. The number of rotatable bonds is 7. The van der Waals surface area contributed by atoms with Crippen LogP contribution in [0.25, 0.3) is 5.69 Å². The lowest BCUT2D eigenvalue weighted by Crippen LogP contribution is -2.40. The zero-order valence-electron chi connectivity index (χ0n) is 17.1. The van der Waals surface area contributed by atoms with Crippen LogP contribution in [0.2, 0.25) is 0 Å². The fraction of sp³-hybridized carbons (Fsp3) is 0.286. The van der Waals surface area contributed by atoms with Crippen molar-refractivity contribution < 1.29 is 22.3 Å². The van der Waals surface area contributed by atoms with Gasteiger partial charge in [-0.05, 0) is 42.3 Å². The molecule has 2 aromatic carbocycles. The molecule has 0 spiro atoms. The zero-order valence-corrected chi connectivity index (χ0v) is 18.0. The molecule has 168 valence electrons. The Morgan fingerprint density at radius 1 is 1.12 bits per heavy atom. The first kappa shape index (κ1) is 22.1. The summed E-state index contributed by atoms with van der Waals surface area (Å²) in [6.45, 7) is 1.45. The SMILES string of the molecule is O=C(CCc1ccc(S(=O)(=O)N2CCOCC2)cc1)Nc1ccc(-n2cncn2)c(F)c1. The number of ether oxygens (including phenoxy) is 1. The van der Waals surface area contributed by atoms with Gasteiger partial charge in [0, 0.05) is 25.2 Å². The quantitative estimate of drug-likeness (QED) is 0.579. The molecule has 0 unspecified atom stereocenters. The maximum absolute atomic E-state index is 14.3. The van der Waals surface area contributed by atoms with Crippen LogP contribution in [0.1, 0.15) is 12.0 Å². The molecule has 0 bridgehead atoms. The number of anilines is 1. The number of nitrogens with zero attached hydrogens (tertiary/aromatic N) is 4. The van der Waals surface area contributed by atoms with Crippen LogP contribution in [0.4, 0.5) is 10.1 Å². The normalized spacial score (nSPS) is 14.9. The van der Waals surface area contributed by atoms with Gasteiger partial charge in [-0.2, -0.15) is 9.40 Å². The molecule has 1 fully saturated rings. The van der Waals surface area contributed by atoms with Crippen molar-refractivity contribution in [1.29, 1.82) is 0 Å². The number of nitrogens with one attached hydrogen (secondary N) is 1. The second-order valence-corrected chi connectivity index (χ2v) is 9.15. The highest BCUT2D eigenvalue weighted by atomic mass is 32.2. The average molecular weight is 460 g/mol. The van der Waals surface area contributed by atoms with Crippen LogP contribution in [0, 0.1) is 5.82 Å². The van der Waals surface area contributed by atoms with E-state index in [1.165, 1.54) is 33.8 Å². The van der Waals surface area contributed by atoms with Crippen molar-refractivity contribution in [2.45, 2.75) is 17.7 Å². The Hall–Kier alpha value is -3.15. The molecule has 1 aliphatic heterocycles. The van der Waals surface area contributed by atoms with E-state index in [1.54, 1.807) is 30.3 Å². The molecule has 1 amide bonds. The number of amides is 1. The van der Waals surface area contributed by atoms with Gasteiger partial charge in [0.25, 0.3) is 0 Å². The highest BCUT2D eigenvalue weighted by Crippen LogP contribution is 2.20. The Kier molecular flexibility index (Phi) is 6.58. The molecule has 1 aliphatic rings. The molecule has 0 radical (unpaired) electrons. The topological polar surface area (TPSA) is 106 Å². The Bertz CT molecular complexity index is 1180. The minimum absolute atomic E-state index is 0.169. The number of hydrogen-bond acceptors (Lipinski definition) is 6. The third-order valence-electron chi connectivity index (χ3n) is 5.07. The monoisotopic (exact) mass is 459 g/mol. The number of halogens is 1. The lowest BCUT2D eigenvalue weighted by atomic mass is 10.1. The molecule has 0 aliphatic carbocycles. The number of morpholine rings is 1. The lowest BCUT2D eigenvalue weighted by molar-refractivity contribution is -0.116. The molecule has 1 saturated heterocycles. The van der Waals surface area contributed by atoms with E-state index >= 15 is 0 Å². The first-order chi connectivity index (χ1) is 15.4. The van der Waals surface area contributed by atoms with E-state index < -0.39 is 15.8 Å². The van der Waals surface area contributed by atoms with E-state index in [4.69, 9.17) is 4.74 Å². The number of sulfonamides is 1. The van der Waals surface area contributed by atoms with Crippen LogP contribution in [0.15, 0.2) is 60.0 Å². The maximum Gasteiger partial charge on any atom is 0.243 e.